The van der Waals surface area contributed by atoms with Gasteiger partial charge >= 0.3 is 0 Å². The number of aryl methyl sites for hydroxylation is 1. The van der Waals surface area contributed by atoms with Gasteiger partial charge in [0.2, 0.25) is 0 Å². The van der Waals surface area contributed by atoms with Gasteiger partial charge < -0.3 is 4.57 Å². The Bertz CT molecular complexity index is 511. The SMILES string of the molecule is [B]c1ccc2ccn(C)c(=O)c2c1. The first-order chi connectivity index (χ1) is 6.18. The molecule has 0 unspecified atom stereocenters. The molecule has 0 aliphatic carbocycles. The molecule has 0 amide bonds. The molecule has 3 heteroatoms. The van der Waals surface area contributed by atoms with Gasteiger partial charge in [-0.05, 0) is 11.5 Å². The lowest BCUT2D eigenvalue weighted by Crippen LogP contribution is -2.17. The summed E-state index contributed by atoms with van der Waals surface area (Å²) in [5.74, 6) is 0. The van der Waals surface area contributed by atoms with E-state index in [1.807, 2.05) is 12.1 Å². The topological polar surface area (TPSA) is 22.0 Å². The summed E-state index contributed by atoms with van der Waals surface area (Å²) in [4.78, 5) is 11.6. The van der Waals surface area contributed by atoms with Crippen LogP contribution in [-0.4, -0.2) is 12.4 Å². The summed E-state index contributed by atoms with van der Waals surface area (Å²) < 4.78 is 1.54. The van der Waals surface area contributed by atoms with Crippen LogP contribution in [0.2, 0.25) is 0 Å². The zero-order chi connectivity index (χ0) is 9.42. The van der Waals surface area contributed by atoms with Gasteiger partial charge in [-0.3, -0.25) is 4.79 Å². The van der Waals surface area contributed by atoms with Crippen LogP contribution in [0.25, 0.3) is 10.8 Å². The summed E-state index contributed by atoms with van der Waals surface area (Å²) >= 11 is 0. The van der Waals surface area contributed by atoms with Crippen LogP contribution in [-0.2, 0) is 7.05 Å². The van der Waals surface area contributed by atoms with E-state index in [-0.39, 0.29) is 5.56 Å². The Hall–Kier alpha value is -1.51. The second-order valence-electron chi connectivity index (χ2n) is 3.08. The van der Waals surface area contributed by atoms with Gasteiger partial charge in [0.1, 0.15) is 7.85 Å². The van der Waals surface area contributed by atoms with Gasteiger partial charge in [0.05, 0.1) is 0 Å². The predicted molar refractivity (Wildman–Crippen MR) is 54.6 cm³/mol. The molecule has 0 N–H and O–H groups in total. The van der Waals surface area contributed by atoms with Gasteiger partial charge in [-0.2, -0.15) is 0 Å². The van der Waals surface area contributed by atoms with Crippen molar-refractivity contribution in [2.45, 2.75) is 0 Å². The second kappa shape index (κ2) is 2.77. The smallest absolute Gasteiger partial charge is 0.258 e. The Balaban J connectivity index is 2.97. The molecule has 0 fully saturated rings. The zero-order valence-corrected chi connectivity index (χ0v) is 7.32. The highest BCUT2D eigenvalue weighted by Gasteiger charge is 1.98. The number of rotatable bonds is 0. The number of hydrogen-bond acceptors (Lipinski definition) is 1. The first kappa shape index (κ1) is 8.11. The molecular weight excluding hydrogens is 161 g/mol. The van der Waals surface area contributed by atoms with Gasteiger partial charge in [-0.25, -0.2) is 0 Å². The molecule has 0 saturated carbocycles. The van der Waals surface area contributed by atoms with Crippen molar-refractivity contribution in [2.75, 3.05) is 0 Å². The van der Waals surface area contributed by atoms with Crippen LogP contribution in [0.5, 0.6) is 0 Å². The average Bonchev–Trinajstić information content (AvgIpc) is 2.12. The Morgan fingerprint density at radius 1 is 1.31 bits per heavy atom. The summed E-state index contributed by atoms with van der Waals surface area (Å²) in [7, 11) is 7.32. The van der Waals surface area contributed by atoms with Gasteiger partial charge in [0, 0.05) is 18.6 Å². The second-order valence-corrected chi connectivity index (χ2v) is 3.08. The average molecular weight is 169 g/mol. The molecule has 13 heavy (non-hydrogen) atoms. The summed E-state index contributed by atoms with van der Waals surface area (Å²) in [6.45, 7) is 0. The van der Waals surface area contributed by atoms with E-state index in [0.29, 0.717) is 10.8 Å². The Kier molecular flexibility index (Phi) is 1.73. The Morgan fingerprint density at radius 2 is 2.08 bits per heavy atom. The normalized spacial score (nSPS) is 10.5. The molecule has 1 aromatic heterocycles. The van der Waals surface area contributed by atoms with Crippen LogP contribution >= 0.6 is 0 Å². The van der Waals surface area contributed by atoms with E-state index in [1.54, 1.807) is 29.9 Å². The molecule has 2 aromatic rings. The van der Waals surface area contributed by atoms with Gasteiger partial charge in [-0.15, -0.1) is 0 Å². The van der Waals surface area contributed by atoms with Crippen molar-refractivity contribution in [2.24, 2.45) is 7.05 Å². The molecule has 0 aliphatic rings. The predicted octanol–water partition coefficient (Wildman–Crippen LogP) is 0.332. The molecular formula is C10H8BNO. The van der Waals surface area contributed by atoms with Crippen LogP contribution in [0.3, 0.4) is 0 Å². The maximum atomic E-state index is 11.6. The number of hydrogen-bond donors (Lipinski definition) is 0. The van der Waals surface area contributed by atoms with Crippen LogP contribution in [0.4, 0.5) is 0 Å². The third kappa shape index (κ3) is 1.26. The number of aromatic nitrogens is 1. The molecule has 1 heterocycles. The summed E-state index contributed by atoms with van der Waals surface area (Å²) in [6.07, 6.45) is 1.75. The van der Waals surface area contributed by atoms with Gasteiger partial charge in [0.15, 0.2) is 0 Å². The van der Waals surface area contributed by atoms with Crippen molar-refractivity contribution in [1.82, 2.24) is 4.57 Å². The fraction of sp³-hybridized carbons (Fsp3) is 0.100. The highest BCUT2D eigenvalue weighted by atomic mass is 16.1. The van der Waals surface area contributed by atoms with E-state index in [4.69, 9.17) is 7.85 Å². The Morgan fingerprint density at radius 3 is 2.85 bits per heavy atom. The lowest BCUT2D eigenvalue weighted by Gasteiger charge is -2.01. The third-order valence-electron chi connectivity index (χ3n) is 2.11. The third-order valence-corrected chi connectivity index (χ3v) is 2.11. The molecule has 0 bridgehead atoms. The summed E-state index contributed by atoms with van der Waals surface area (Å²) in [6, 6.07) is 7.25. The summed E-state index contributed by atoms with van der Waals surface area (Å²) in [5, 5.41) is 1.60. The molecule has 0 aliphatic heterocycles. The summed E-state index contributed by atoms with van der Waals surface area (Å²) in [5.41, 5.74) is 0.612. The molecule has 2 radical (unpaired) electrons. The zero-order valence-electron chi connectivity index (χ0n) is 7.32. The van der Waals surface area contributed by atoms with Crippen LogP contribution in [0.15, 0.2) is 35.3 Å². The van der Waals surface area contributed by atoms with Crippen LogP contribution < -0.4 is 11.0 Å². The van der Waals surface area contributed by atoms with E-state index < -0.39 is 0 Å². The van der Waals surface area contributed by atoms with Crippen molar-refractivity contribution in [3.05, 3.63) is 40.8 Å². The standard InChI is InChI=1S/C10H8BNO/c1-12-5-4-7-2-3-8(11)6-9(7)10(12)13/h2-6H,1H3. The van der Waals surface area contributed by atoms with Crippen molar-refractivity contribution in [1.29, 1.82) is 0 Å². The van der Waals surface area contributed by atoms with Gasteiger partial charge in [-0.1, -0.05) is 23.7 Å². The largest absolute Gasteiger partial charge is 0.318 e. The van der Waals surface area contributed by atoms with Gasteiger partial charge in [0.25, 0.3) is 5.56 Å². The highest BCUT2D eigenvalue weighted by Crippen LogP contribution is 2.05. The van der Waals surface area contributed by atoms with Crippen LogP contribution in [0.1, 0.15) is 0 Å². The van der Waals surface area contributed by atoms with Crippen molar-refractivity contribution >= 4 is 24.1 Å². The van der Waals surface area contributed by atoms with E-state index in [0.717, 1.165) is 5.39 Å². The van der Waals surface area contributed by atoms with E-state index in [1.165, 1.54) is 0 Å². The van der Waals surface area contributed by atoms with E-state index in [2.05, 4.69) is 0 Å². The maximum Gasteiger partial charge on any atom is 0.258 e. The fourth-order valence-corrected chi connectivity index (χ4v) is 1.35. The molecule has 62 valence electrons. The molecule has 0 atom stereocenters. The monoisotopic (exact) mass is 169 g/mol. The fourth-order valence-electron chi connectivity index (χ4n) is 1.35. The van der Waals surface area contributed by atoms with E-state index >= 15 is 0 Å². The van der Waals surface area contributed by atoms with E-state index in [9.17, 15) is 4.79 Å². The van der Waals surface area contributed by atoms with Crippen molar-refractivity contribution < 1.29 is 0 Å². The number of nitrogens with zero attached hydrogens (tertiary/aromatic N) is 1. The lowest BCUT2D eigenvalue weighted by molar-refractivity contribution is 0.873. The van der Waals surface area contributed by atoms with Crippen molar-refractivity contribution in [3.63, 3.8) is 0 Å². The molecule has 2 nitrogen and oxygen atoms in total. The highest BCUT2D eigenvalue weighted by molar-refractivity contribution is 6.33. The first-order valence-corrected chi connectivity index (χ1v) is 4.03. The molecule has 0 saturated heterocycles. The lowest BCUT2D eigenvalue weighted by atomic mass is 9.94. The Labute approximate surface area is 77.2 Å². The van der Waals surface area contributed by atoms with Crippen LogP contribution in [0, 0.1) is 0 Å². The minimum Gasteiger partial charge on any atom is -0.318 e. The quantitative estimate of drug-likeness (QED) is 0.521. The number of pyridine rings is 1. The van der Waals surface area contributed by atoms with Crippen molar-refractivity contribution in [3.8, 4) is 0 Å². The number of benzene rings is 1. The molecule has 1 aromatic carbocycles. The molecule has 0 spiro atoms. The maximum absolute atomic E-state index is 11.6. The number of fused-ring (bicyclic) bond motifs is 1. The molecule has 2 rings (SSSR count). The first-order valence-electron chi connectivity index (χ1n) is 4.03. The minimum atomic E-state index is -0.00944. The minimum absolute atomic E-state index is 0.00944.